The van der Waals surface area contributed by atoms with Gasteiger partial charge < -0.3 is 10.6 Å². The minimum Gasteiger partial charge on any atom is -0.338 e. The molecule has 1 aromatic rings. The molecule has 0 aliphatic carbocycles. The van der Waals surface area contributed by atoms with Gasteiger partial charge in [-0.2, -0.15) is 0 Å². The van der Waals surface area contributed by atoms with E-state index in [1.54, 1.807) is 0 Å². The van der Waals surface area contributed by atoms with Crippen molar-refractivity contribution in [2.75, 3.05) is 19.6 Å². The first-order valence-corrected chi connectivity index (χ1v) is 5.57. The number of rotatable bonds is 2. The SMILES string of the molecule is NC[C@@H]1CCN(C(=O)c2c(F)cccc2F)C1. The molecule has 1 aliphatic heterocycles. The van der Waals surface area contributed by atoms with Crippen LogP contribution in [0, 0.1) is 17.6 Å². The van der Waals surface area contributed by atoms with E-state index in [2.05, 4.69) is 0 Å². The zero-order valence-electron chi connectivity index (χ0n) is 9.33. The Kier molecular flexibility index (Phi) is 3.38. The number of nitrogens with two attached hydrogens (primary N) is 1. The highest BCUT2D eigenvalue weighted by molar-refractivity contribution is 5.94. The van der Waals surface area contributed by atoms with Crippen LogP contribution in [-0.4, -0.2) is 30.4 Å². The molecule has 1 amide bonds. The van der Waals surface area contributed by atoms with Gasteiger partial charge in [0.25, 0.3) is 5.91 Å². The molecule has 1 fully saturated rings. The maximum atomic E-state index is 13.4. The standard InChI is InChI=1S/C12H14F2N2O/c13-9-2-1-3-10(14)11(9)12(17)16-5-4-8(6-15)7-16/h1-3,8H,4-7,15H2/t8-/m0/s1. The van der Waals surface area contributed by atoms with Gasteiger partial charge in [-0.05, 0) is 31.0 Å². The second-order valence-electron chi connectivity index (χ2n) is 4.24. The number of likely N-dealkylation sites (tertiary alicyclic amines) is 1. The second-order valence-corrected chi connectivity index (χ2v) is 4.24. The zero-order valence-corrected chi connectivity index (χ0v) is 9.33. The van der Waals surface area contributed by atoms with Gasteiger partial charge in [-0.1, -0.05) is 6.07 Å². The first-order valence-electron chi connectivity index (χ1n) is 5.57. The van der Waals surface area contributed by atoms with Gasteiger partial charge in [-0.15, -0.1) is 0 Å². The molecule has 0 radical (unpaired) electrons. The number of amides is 1. The normalized spacial score (nSPS) is 19.7. The van der Waals surface area contributed by atoms with E-state index in [1.807, 2.05) is 0 Å². The first-order chi connectivity index (χ1) is 8.13. The number of benzene rings is 1. The lowest BCUT2D eigenvalue weighted by molar-refractivity contribution is 0.0778. The monoisotopic (exact) mass is 240 g/mol. The van der Waals surface area contributed by atoms with Crippen LogP contribution in [0.2, 0.25) is 0 Å². The largest absolute Gasteiger partial charge is 0.338 e. The van der Waals surface area contributed by atoms with Crippen molar-refractivity contribution in [2.45, 2.75) is 6.42 Å². The Morgan fingerprint density at radius 2 is 2.06 bits per heavy atom. The van der Waals surface area contributed by atoms with Gasteiger partial charge in [-0.3, -0.25) is 4.79 Å². The van der Waals surface area contributed by atoms with Crippen LogP contribution >= 0.6 is 0 Å². The summed E-state index contributed by atoms with van der Waals surface area (Å²) < 4.78 is 26.8. The summed E-state index contributed by atoms with van der Waals surface area (Å²) in [4.78, 5) is 13.4. The number of halogens is 2. The third kappa shape index (κ3) is 2.29. The Morgan fingerprint density at radius 1 is 1.41 bits per heavy atom. The van der Waals surface area contributed by atoms with E-state index in [0.29, 0.717) is 19.6 Å². The van der Waals surface area contributed by atoms with Crippen molar-refractivity contribution in [1.29, 1.82) is 0 Å². The van der Waals surface area contributed by atoms with Crippen molar-refractivity contribution in [3.8, 4) is 0 Å². The minimum absolute atomic E-state index is 0.230. The van der Waals surface area contributed by atoms with E-state index in [9.17, 15) is 13.6 Å². The number of carbonyl (C=O) groups excluding carboxylic acids is 1. The van der Waals surface area contributed by atoms with Gasteiger partial charge in [0.2, 0.25) is 0 Å². The topological polar surface area (TPSA) is 46.3 Å². The fraction of sp³-hybridized carbons (Fsp3) is 0.417. The molecule has 0 unspecified atom stereocenters. The molecule has 1 heterocycles. The van der Waals surface area contributed by atoms with Crippen LogP contribution in [0.15, 0.2) is 18.2 Å². The summed E-state index contributed by atoms with van der Waals surface area (Å²) in [5.41, 5.74) is 5.04. The van der Waals surface area contributed by atoms with Gasteiger partial charge in [-0.25, -0.2) is 8.78 Å². The maximum Gasteiger partial charge on any atom is 0.259 e. The molecule has 1 atom stereocenters. The zero-order chi connectivity index (χ0) is 12.4. The molecular formula is C12H14F2N2O. The first kappa shape index (κ1) is 12.0. The van der Waals surface area contributed by atoms with Crippen LogP contribution in [0.25, 0.3) is 0 Å². The van der Waals surface area contributed by atoms with Crippen LogP contribution in [0.5, 0.6) is 0 Å². The predicted molar refractivity (Wildman–Crippen MR) is 59.4 cm³/mol. The Hall–Kier alpha value is -1.49. The Bertz CT molecular complexity index is 416. The van der Waals surface area contributed by atoms with Gasteiger partial charge in [0.1, 0.15) is 17.2 Å². The quantitative estimate of drug-likeness (QED) is 0.849. The molecule has 92 valence electrons. The summed E-state index contributed by atoms with van der Waals surface area (Å²) >= 11 is 0. The van der Waals surface area contributed by atoms with E-state index >= 15 is 0 Å². The summed E-state index contributed by atoms with van der Waals surface area (Å²) in [6.45, 7) is 1.47. The summed E-state index contributed by atoms with van der Waals surface area (Å²) in [7, 11) is 0. The van der Waals surface area contributed by atoms with Crippen LogP contribution in [-0.2, 0) is 0 Å². The van der Waals surface area contributed by atoms with Gasteiger partial charge in [0, 0.05) is 13.1 Å². The number of hydrogen-bond donors (Lipinski definition) is 1. The average Bonchev–Trinajstić information content (AvgIpc) is 2.77. The molecule has 0 spiro atoms. The molecule has 2 N–H and O–H groups in total. The van der Waals surface area contributed by atoms with E-state index in [1.165, 1.54) is 11.0 Å². The van der Waals surface area contributed by atoms with E-state index in [0.717, 1.165) is 18.6 Å². The summed E-state index contributed by atoms with van der Waals surface area (Å²) in [6.07, 6.45) is 0.790. The maximum absolute atomic E-state index is 13.4. The molecule has 5 heteroatoms. The van der Waals surface area contributed by atoms with Crippen molar-refractivity contribution in [3.05, 3.63) is 35.4 Å². The molecule has 1 saturated heterocycles. The van der Waals surface area contributed by atoms with Crippen LogP contribution in [0.3, 0.4) is 0 Å². The summed E-state index contributed by atoms with van der Waals surface area (Å²) in [5, 5.41) is 0. The van der Waals surface area contributed by atoms with Gasteiger partial charge >= 0.3 is 0 Å². The van der Waals surface area contributed by atoms with Gasteiger partial charge in [0.15, 0.2) is 0 Å². The van der Waals surface area contributed by atoms with Crippen molar-refractivity contribution < 1.29 is 13.6 Å². The Morgan fingerprint density at radius 3 is 2.59 bits per heavy atom. The summed E-state index contributed by atoms with van der Waals surface area (Å²) in [6, 6.07) is 3.42. The molecule has 0 aromatic heterocycles. The molecule has 2 rings (SSSR count). The third-order valence-corrected chi connectivity index (χ3v) is 3.08. The van der Waals surface area contributed by atoms with Crippen molar-refractivity contribution in [1.82, 2.24) is 4.90 Å². The highest BCUT2D eigenvalue weighted by Gasteiger charge is 2.29. The molecule has 1 aliphatic rings. The van der Waals surface area contributed by atoms with E-state index in [4.69, 9.17) is 5.73 Å². The lowest BCUT2D eigenvalue weighted by Crippen LogP contribution is -2.31. The summed E-state index contributed by atoms with van der Waals surface area (Å²) in [5.74, 6) is -1.98. The van der Waals surface area contributed by atoms with Crippen molar-refractivity contribution in [2.24, 2.45) is 11.7 Å². The van der Waals surface area contributed by atoms with Crippen molar-refractivity contribution >= 4 is 5.91 Å². The van der Waals surface area contributed by atoms with Crippen LogP contribution < -0.4 is 5.73 Å². The second kappa shape index (κ2) is 4.79. The number of nitrogens with zero attached hydrogens (tertiary/aromatic N) is 1. The van der Waals surface area contributed by atoms with E-state index in [-0.39, 0.29) is 5.92 Å². The molecule has 1 aromatic carbocycles. The Labute approximate surface area is 98.2 Å². The fourth-order valence-electron chi connectivity index (χ4n) is 2.07. The number of hydrogen-bond acceptors (Lipinski definition) is 2. The van der Waals surface area contributed by atoms with E-state index < -0.39 is 23.1 Å². The minimum atomic E-state index is -0.814. The molecule has 0 saturated carbocycles. The highest BCUT2D eigenvalue weighted by atomic mass is 19.1. The Balaban J connectivity index is 2.21. The average molecular weight is 240 g/mol. The predicted octanol–water partition coefficient (Wildman–Crippen LogP) is 1.39. The highest BCUT2D eigenvalue weighted by Crippen LogP contribution is 2.20. The van der Waals surface area contributed by atoms with Crippen LogP contribution in [0.1, 0.15) is 16.8 Å². The lowest BCUT2D eigenvalue weighted by Gasteiger charge is -2.17. The molecule has 3 nitrogen and oxygen atoms in total. The van der Waals surface area contributed by atoms with Crippen molar-refractivity contribution in [3.63, 3.8) is 0 Å². The fourth-order valence-corrected chi connectivity index (χ4v) is 2.07. The molecule has 0 bridgehead atoms. The smallest absolute Gasteiger partial charge is 0.259 e. The third-order valence-electron chi connectivity index (χ3n) is 3.08. The molecular weight excluding hydrogens is 226 g/mol. The number of carbonyl (C=O) groups is 1. The molecule has 17 heavy (non-hydrogen) atoms. The van der Waals surface area contributed by atoms with Gasteiger partial charge in [0.05, 0.1) is 0 Å². The van der Waals surface area contributed by atoms with Crippen LogP contribution in [0.4, 0.5) is 8.78 Å². The lowest BCUT2D eigenvalue weighted by atomic mass is 10.1.